The van der Waals surface area contributed by atoms with E-state index in [1.165, 1.54) is 5.39 Å². The second-order valence-electron chi connectivity index (χ2n) is 8.23. The third-order valence-corrected chi connectivity index (χ3v) is 5.70. The highest BCUT2D eigenvalue weighted by Gasteiger charge is 2.36. The van der Waals surface area contributed by atoms with Crippen molar-refractivity contribution >= 4 is 34.8 Å². The molecule has 0 unspecified atom stereocenters. The normalized spacial score (nSPS) is 12.6. The Morgan fingerprint density at radius 3 is 2.14 bits per heavy atom. The van der Waals surface area contributed by atoms with E-state index in [-0.39, 0.29) is 0 Å². The van der Waals surface area contributed by atoms with Crippen LogP contribution in [-0.4, -0.2) is 28.4 Å². The zero-order valence-corrected chi connectivity index (χ0v) is 16.8. The van der Waals surface area contributed by atoms with E-state index in [0.29, 0.717) is 0 Å². The number of fused-ring (bicyclic) bond motifs is 3. The lowest BCUT2D eigenvalue weighted by atomic mass is 9.80. The van der Waals surface area contributed by atoms with Crippen LogP contribution < -0.4 is 5.46 Å². The van der Waals surface area contributed by atoms with Crippen LogP contribution in [0.1, 0.15) is 27.7 Å². The first-order valence-corrected chi connectivity index (χ1v) is 9.60. The summed E-state index contributed by atoms with van der Waals surface area (Å²) in [6.07, 6.45) is 0. The highest BCUT2D eigenvalue weighted by Crippen LogP contribution is 2.31. The molecule has 0 aliphatic carbocycles. The molecule has 0 bridgehead atoms. The van der Waals surface area contributed by atoms with Gasteiger partial charge in [-0.3, -0.25) is 0 Å². The van der Waals surface area contributed by atoms with Crippen LogP contribution in [0.4, 0.5) is 0 Å². The Bertz CT molecular complexity index is 1120. The van der Waals surface area contributed by atoms with Gasteiger partial charge in [-0.1, -0.05) is 48.5 Å². The molecule has 1 heterocycles. The zero-order chi connectivity index (χ0) is 19.9. The first-order chi connectivity index (χ1) is 13.3. The van der Waals surface area contributed by atoms with Crippen LogP contribution in [0.5, 0.6) is 0 Å². The molecule has 0 fully saturated rings. The molecule has 0 saturated carbocycles. The first-order valence-electron chi connectivity index (χ1n) is 9.60. The lowest BCUT2D eigenvalue weighted by molar-refractivity contribution is -0.0893. The van der Waals surface area contributed by atoms with Crippen LogP contribution in [0.2, 0.25) is 0 Å². The molecule has 28 heavy (non-hydrogen) atoms. The van der Waals surface area contributed by atoms with E-state index in [1.807, 2.05) is 26.0 Å². The van der Waals surface area contributed by atoms with Crippen LogP contribution in [-0.2, 0) is 4.65 Å². The summed E-state index contributed by atoms with van der Waals surface area (Å²) in [5.74, 6) is 0. The Hall–Kier alpha value is -2.56. The molecule has 0 saturated heterocycles. The van der Waals surface area contributed by atoms with Crippen LogP contribution in [0, 0.1) is 0 Å². The average molecular weight is 370 g/mol. The maximum atomic E-state index is 10.4. The van der Waals surface area contributed by atoms with Gasteiger partial charge in [0.1, 0.15) is 0 Å². The molecule has 0 spiro atoms. The minimum absolute atomic E-state index is 0.715. The third-order valence-electron chi connectivity index (χ3n) is 5.70. The van der Waals surface area contributed by atoms with Crippen molar-refractivity contribution in [3.63, 3.8) is 0 Å². The molecule has 4 rings (SSSR count). The number of benzene rings is 3. The molecule has 4 aromatic rings. The van der Waals surface area contributed by atoms with E-state index in [1.54, 1.807) is 21.3 Å². The quantitative estimate of drug-likeness (QED) is 0.521. The number of hydrogen-bond acceptors (Lipinski definition) is 2. The largest absolute Gasteiger partial charge is 0.427 e. The molecule has 0 aliphatic heterocycles. The SMILES string of the molecule is CC(C)(O)C(C)(C)O[B]c1cccc2c1c1ccccc1n2-c1ccccc1. The van der Waals surface area contributed by atoms with Gasteiger partial charge < -0.3 is 14.3 Å². The summed E-state index contributed by atoms with van der Waals surface area (Å²) in [5, 5.41) is 12.7. The summed E-state index contributed by atoms with van der Waals surface area (Å²) < 4.78 is 8.35. The zero-order valence-electron chi connectivity index (χ0n) is 16.8. The van der Waals surface area contributed by atoms with E-state index in [0.717, 1.165) is 27.6 Å². The van der Waals surface area contributed by atoms with Gasteiger partial charge in [-0.05, 0) is 57.4 Å². The molecule has 0 atom stereocenters. The van der Waals surface area contributed by atoms with Crippen molar-refractivity contribution in [1.29, 1.82) is 0 Å². The van der Waals surface area contributed by atoms with Crippen molar-refractivity contribution in [2.75, 3.05) is 0 Å². The van der Waals surface area contributed by atoms with Crippen LogP contribution in [0.3, 0.4) is 0 Å². The molecule has 1 radical (unpaired) electrons. The van der Waals surface area contributed by atoms with Gasteiger partial charge in [0.25, 0.3) is 0 Å². The minimum Gasteiger partial charge on any atom is -0.427 e. The molecule has 3 nitrogen and oxygen atoms in total. The van der Waals surface area contributed by atoms with Crippen molar-refractivity contribution in [3.8, 4) is 5.69 Å². The maximum Gasteiger partial charge on any atom is 0.331 e. The summed E-state index contributed by atoms with van der Waals surface area (Å²) in [4.78, 5) is 0. The van der Waals surface area contributed by atoms with Crippen LogP contribution in [0.15, 0.2) is 72.8 Å². The lowest BCUT2D eigenvalue weighted by Gasteiger charge is -2.37. The molecule has 1 N–H and O–H groups in total. The van der Waals surface area contributed by atoms with Gasteiger partial charge in [0, 0.05) is 16.5 Å². The van der Waals surface area contributed by atoms with E-state index in [2.05, 4.69) is 65.2 Å². The number of nitrogens with zero attached hydrogens (tertiary/aromatic N) is 1. The summed E-state index contributed by atoms with van der Waals surface area (Å²) >= 11 is 0. The summed E-state index contributed by atoms with van der Waals surface area (Å²) in [6.45, 7) is 7.33. The van der Waals surface area contributed by atoms with Crippen molar-refractivity contribution < 1.29 is 9.76 Å². The topological polar surface area (TPSA) is 34.4 Å². The molecule has 4 heteroatoms. The Morgan fingerprint density at radius 2 is 1.43 bits per heavy atom. The fraction of sp³-hybridized carbons (Fsp3) is 0.250. The van der Waals surface area contributed by atoms with E-state index in [4.69, 9.17) is 4.65 Å². The van der Waals surface area contributed by atoms with E-state index >= 15 is 0 Å². The highest BCUT2D eigenvalue weighted by molar-refractivity contribution is 6.53. The van der Waals surface area contributed by atoms with Crippen molar-refractivity contribution in [2.24, 2.45) is 0 Å². The standard InChI is InChI=1S/C24H25BNO2/c1-23(2,27)24(3,4)28-25-19-14-10-16-21-22(19)18-13-8-9-15-20(18)26(21)17-11-6-5-7-12-17/h5-16,27H,1-4H3. The second-order valence-corrected chi connectivity index (χ2v) is 8.23. The van der Waals surface area contributed by atoms with Gasteiger partial charge in [-0.2, -0.15) is 0 Å². The number of rotatable bonds is 5. The van der Waals surface area contributed by atoms with Gasteiger partial charge in [0.2, 0.25) is 0 Å². The molecule has 3 aromatic carbocycles. The molecule has 0 amide bonds. The van der Waals surface area contributed by atoms with E-state index in [9.17, 15) is 5.11 Å². The van der Waals surface area contributed by atoms with Crippen LogP contribution in [0.25, 0.3) is 27.5 Å². The fourth-order valence-corrected chi connectivity index (χ4v) is 3.36. The number of hydrogen-bond donors (Lipinski definition) is 1. The Kier molecular flexibility index (Phi) is 4.57. The van der Waals surface area contributed by atoms with Gasteiger partial charge in [0.05, 0.1) is 22.2 Å². The first kappa shape index (κ1) is 18.8. The highest BCUT2D eigenvalue weighted by atomic mass is 16.5. The summed E-state index contributed by atoms with van der Waals surface area (Å²) in [7, 11) is 1.78. The van der Waals surface area contributed by atoms with Crippen molar-refractivity contribution in [3.05, 3.63) is 72.8 Å². The Labute approximate surface area is 166 Å². The number of para-hydroxylation sites is 2. The summed E-state index contributed by atoms with van der Waals surface area (Å²) in [6, 6.07) is 25.1. The molecule has 0 aliphatic rings. The number of aromatic nitrogens is 1. The molecule has 141 valence electrons. The Balaban J connectivity index is 1.89. The van der Waals surface area contributed by atoms with Gasteiger partial charge >= 0.3 is 7.48 Å². The predicted octanol–water partition coefficient (Wildman–Crippen LogP) is 4.59. The second kappa shape index (κ2) is 6.80. The number of aliphatic hydroxyl groups is 1. The lowest BCUT2D eigenvalue weighted by Crippen LogP contribution is -2.49. The van der Waals surface area contributed by atoms with Crippen molar-refractivity contribution in [2.45, 2.75) is 38.9 Å². The predicted molar refractivity (Wildman–Crippen MR) is 118 cm³/mol. The monoisotopic (exact) mass is 370 g/mol. The average Bonchev–Trinajstić information content (AvgIpc) is 3.01. The third kappa shape index (κ3) is 3.13. The molecule has 1 aromatic heterocycles. The van der Waals surface area contributed by atoms with Gasteiger partial charge in [-0.15, -0.1) is 0 Å². The van der Waals surface area contributed by atoms with Gasteiger partial charge in [-0.25, -0.2) is 0 Å². The maximum absolute atomic E-state index is 10.4. The molecular weight excluding hydrogens is 345 g/mol. The Morgan fingerprint density at radius 1 is 0.786 bits per heavy atom. The smallest absolute Gasteiger partial charge is 0.331 e. The minimum atomic E-state index is -0.963. The van der Waals surface area contributed by atoms with E-state index < -0.39 is 11.2 Å². The van der Waals surface area contributed by atoms with Crippen molar-refractivity contribution in [1.82, 2.24) is 4.57 Å². The summed E-state index contributed by atoms with van der Waals surface area (Å²) in [5.41, 5.74) is 2.74. The van der Waals surface area contributed by atoms with Gasteiger partial charge in [0.15, 0.2) is 0 Å². The molecular formula is C24H25BNO2. The van der Waals surface area contributed by atoms with Crippen LogP contribution >= 0.6 is 0 Å². The fourth-order valence-electron chi connectivity index (χ4n) is 3.36.